The Bertz CT molecular complexity index is 1570. The fraction of sp³-hybridized carbons (Fsp3) is 1.00. The first kappa shape index (κ1) is 55.9. The molecule has 0 saturated carbocycles. The Balaban J connectivity index is 6.47. The number of alkyl halides is 34. The molecule has 0 N–H and O–H groups in total. The standard InChI is InChI=1S/C20H8F34O2S2/c21-5(22,7(25,26)9(29,30)11(33,34)13(37,38)15(41,42)17(45,46)19(49,50)51)1-3-57-58(55,56)4-2-6(23,24)8(27,28)10(31,32)12(35,36)14(39,40)16(43,44)18(47,48)20(52,53)54/h1-4H2. The SMILES string of the molecule is O=S(=O)(CCC(F)(F)C(F)(F)C(F)(F)C(F)(F)C(F)(F)C(F)(F)C(F)(F)C(F)(F)F)SCCC(F)(F)C(F)(F)C(F)(F)C(F)(F)C(F)(F)C(F)(F)C(F)(F)C(F)(F)F. The van der Waals surface area contributed by atoms with Crippen LogP contribution in [0.2, 0.25) is 0 Å². The van der Waals surface area contributed by atoms with Crippen LogP contribution in [0.4, 0.5) is 149 Å². The molecule has 0 bridgehead atoms. The lowest BCUT2D eigenvalue weighted by Crippen LogP contribution is -2.74. The summed E-state index contributed by atoms with van der Waals surface area (Å²) in [6.07, 6.45) is -23.8. The summed E-state index contributed by atoms with van der Waals surface area (Å²) in [4.78, 5) is 0. The molecule has 58 heavy (non-hydrogen) atoms. The fourth-order valence-corrected chi connectivity index (χ4v) is 6.15. The van der Waals surface area contributed by atoms with Gasteiger partial charge in [0.25, 0.3) is 0 Å². The molecule has 0 atom stereocenters. The third kappa shape index (κ3) is 7.82. The Hall–Kier alpha value is -2.08. The zero-order chi connectivity index (χ0) is 48.0. The van der Waals surface area contributed by atoms with E-state index in [0.29, 0.717) is 0 Å². The zero-order valence-corrected chi connectivity index (χ0v) is 26.9. The van der Waals surface area contributed by atoms with Crippen molar-refractivity contribution >= 4 is 19.7 Å². The van der Waals surface area contributed by atoms with Crippen molar-refractivity contribution in [1.82, 2.24) is 0 Å². The summed E-state index contributed by atoms with van der Waals surface area (Å²) in [5, 5.41) is 0. The number of hydrogen-bond donors (Lipinski definition) is 0. The van der Waals surface area contributed by atoms with Crippen LogP contribution >= 0.6 is 10.8 Å². The van der Waals surface area contributed by atoms with Gasteiger partial charge in [-0.1, -0.05) is 0 Å². The minimum Gasteiger partial charge on any atom is -0.217 e. The quantitative estimate of drug-likeness (QED) is 0.0955. The van der Waals surface area contributed by atoms with E-state index in [0.717, 1.165) is 0 Å². The average Bonchev–Trinajstić information content (AvgIpc) is 2.97. The van der Waals surface area contributed by atoms with Crippen molar-refractivity contribution in [3.8, 4) is 0 Å². The third-order valence-corrected chi connectivity index (χ3v) is 10.4. The highest BCUT2D eigenvalue weighted by atomic mass is 33.1. The van der Waals surface area contributed by atoms with Crippen molar-refractivity contribution < 1.29 is 158 Å². The van der Waals surface area contributed by atoms with Gasteiger partial charge in [-0.25, -0.2) is 8.42 Å². The largest absolute Gasteiger partial charge is 0.460 e. The molecule has 0 aliphatic rings. The molecule has 0 unspecified atom stereocenters. The van der Waals surface area contributed by atoms with Gasteiger partial charge in [-0.2, -0.15) is 149 Å². The van der Waals surface area contributed by atoms with E-state index in [1.54, 1.807) is 0 Å². The lowest BCUT2D eigenvalue weighted by molar-refractivity contribution is -0.461. The van der Waals surface area contributed by atoms with Gasteiger partial charge in [0.1, 0.15) is 0 Å². The van der Waals surface area contributed by atoms with Crippen molar-refractivity contribution in [2.45, 2.75) is 108 Å². The first-order valence-corrected chi connectivity index (χ1v) is 15.9. The summed E-state index contributed by atoms with van der Waals surface area (Å²) >= 11 is 0. The van der Waals surface area contributed by atoms with Crippen LogP contribution in [0.1, 0.15) is 12.8 Å². The second-order valence-electron chi connectivity index (χ2n) is 10.9. The molecule has 38 heteroatoms. The van der Waals surface area contributed by atoms with E-state index in [2.05, 4.69) is 0 Å². The van der Waals surface area contributed by atoms with Gasteiger partial charge in [-0.05, 0) is 10.8 Å². The first-order chi connectivity index (χ1) is 24.4. The summed E-state index contributed by atoms with van der Waals surface area (Å²) in [5.74, 6) is -127. The van der Waals surface area contributed by atoms with Crippen LogP contribution in [0.5, 0.6) is 0 Å². The highest BCUT2D eigenvalue weighted by molar-refractivity contribution is 8.72. The molecule has 0 amide bonds. The molecule has 0 aromatic heterocycles. The Kier molecular flexibility index (Phi) is 14.0. The van der Waals surface area contributed by atoms with Gasteiger partial charge in [-0.15, -0.1) is 0 Å². The van der Waals surface area contributed by atoms with E-state index in [9.17, 15) is 158 Å². The Morgan fingerprint density at radius 2 is 0.466 bits per heavy atom. The topological polar surface area (TPSA) is 34.1 Å². The normalized spacial score (nSPS) is 16.9. The van der Waals surface area contributed by atoms with Crippen molar-refractivity contribution in [3.63, 3.8) is 0 Å². The molecule has 0 aliphatic carbocycles. The lowest BCUT2D eigenvalue weighted by atomic mass is 9.88. The van der Waals surface area contributed by atoms with Gasteiger partial charge < -0.3 is 0 Å². The third-order valence-electron chi connectivity index (χ3n) is 6.92. The molecule has 0 radical (unpaired) electrons. The molecular weight excluding hydrogens is 982 g/mol. The van der Waals surface area contributed by atoms with Crippen LogP contribution in [-0.2, 0) is 8.87 Å². The Labute approximate surface area is 297 Å². The van der Waals surface area contributed by atoms with Gasteiger partial charge in [-0.3, -0.25) is 0 Å². The molecule has 0 spiro atoms. The summed E-state index contributed by atoms with van der Waals surface area (Å²) in [5.41, 5.74) is 0. The minimum atomic E-state index is -9.16. The summed E-state index contributed by atoms with van der Waals surface area (Å²) < 4.78 is 474. The van der Waals surface area contributed by atoms with Gasteiger partial charge in [0.2, 0.25) is 8.87 Å². The lowest BCUT2D eigenvalue weighted by Gasteiger charge is -2.42. The maximum Gasteiger partial charge on any atom is 0.460 e. The number of rotatable bonds is 19. The van der Waals surface area contributed by atoms with E-state index in [4.69, 9.17) is 0 Å². The van der Waals surface area contributed by atoms with Gasteiger partial charge in [0.05, 0.1) is 5.75 Å². The second-order valence-corrected chi connectivity index (χ2v) is 15.3. The van der Waals surface area contributed by atoms with E-state index >= 15 is 0 Å². The molecule has 2 nitrogen and oxygen atoms in total. The van der Waals surface area contributed by atoms with Crippen molar-refractivity contribution in [2.75, 3.05) is 11.5 Å². The van der Waals surface area contributed by atoms with Crippen molar-refractivity contribution in [1.29, 1.82) is 0 Å². The Morgan fingerprint density at radius 3 is 0.690 bits per heavy atom. The molecular formula is C20H8F34O2S2. The summed E-state index contributed by atoms with van der Waals surface area (Å²) in [6.45, 7) is 0. The van der Waals surface area contributed by atoms with Crippen LogP contribution in [0, 0.1) is 0 Å². The second kappa shape index (κ2) is 14.5. The van der Waals surface area contributed by atoms with E-state index in [-0.39, 0.29) is 0 Å². The fourth-order valence-electron chi connectivity index (χ4n) is 3.32. The van der Waals surface area contributed by atoms with Crippen LogP contribution < -0.4 is 0 Å². The average molecular weight is 990 g/mol. The van der Waals surface area contributed by atoms with Crippen LogP contribution in [-0.4, -0.2) is 115 Å². The zero-order valence-electron chi connectivity index (χ0n) is 25.3. The van der Waals surface area contributed by atoms with Crippen molar-refractivity contribution in [2.24, 2.45) is 0 Å². The Morgan fingerprint density at radius 1 is 0.276 bits per heavy atom. The molecule has 350 valence electrons. The van der Waals surface area contributed by atoms with Gasteiger partial charge in [0.15, 0.2) is 0 Å². The molecule has 0 fully saturated rings. The predicted molar refractivity (Wildman–Crippen MR) is 117 cm³/mol. The van der Waals surface area contributed by atoms with E-state index in [1.165, 1.54) is 0 Å². The van der Waals surface area contributed by atoms with Gasteiger partial charge in [0, 0.05) is 18.6 Å². The maximum atomic E-state index is 13.9. The first-order valence-electron chi connectivity index (χ1n) is 12.7. The predicted octanol–water partition coefficient (Wildman–Crippen LogP) is 11.8. The van der Waals surface area contributed by atoms with E-state index < -0.39 is 139 Å². The molecule has 0 aromatic carbocycles. The smallest absolute Gasteiger partial charge is 0.217 e. The van der Waals surface area contributed by atoms with Gasteiger partial charge >= 0.3 is 95.3 Å². The minimum absolute atomic E-state index is 1.86. The molecule has 0 heterocycles. The highest BCUT2D eigenvalue weighted by Crippen LogP contribution is 2.66. The molecule has 0 saturated heterocycles. The van der Waals surface area contributed by atoms with Crippen LogP contribution in [0.3, 0.4) is 0 Å². The molecule has 0 aromatic rings. The maximum absolute atomic E-state index is 13.9. The number of hydrogen-bond acceptors (Lipinski definition) is 3. The van der Waals surface area contributed by atoms with Crippen molar-refractivity contribution in [3.05, 3.63) is 0 Å². The highest BCUT2D eigenvalue weighted by Gasteiger charge is 2.96. The molecule has 0 rings (SSSR count). The van der Waals surface area contributed by atoms with Crippen LogP contribution in [0.25, 0.3) is 0 Å². The van der Waals surface area contributed by atoms with E-state index in [1.807, 2.05) is 0 Å². The number of halogens is 34. The monoisotopic (exact) mass is 990 g/mol. The summed E-state index contributed by atoms with van der Waals surface area (Å²) in [6, 6.07) is 0. The summed E-state index contributed by atoms with van der Waals surface area (Å²) in [7, 11) is -8.25. The van der Waals surface area contributed by atoms with Crippen LogP contribution in [0.15, 0.2) is 0 Å². The molecule has 0 aliphatic heterocycles.